The van der Waals surface area contributed by atoms with Crippen molar-refractivity contribution in [2.75, 3.05) is 25.1 Å². The number of carbonyl (C=O) groups is 1. The first-order valence-electron chi connectivity index (χ1n) is 9.07. The zero-order valence-electron chi connectivity index (χ0n) is 14.7. The van der Waals surface area contributed by atoms with Crippen LogP contribution in [0.15, 0.2) is 42.7 Å². The zero-order chi connectivity index (χ0) is 18.2. The van der Waals surface area contributed by atoms with Crippen molar-refractivity contribution in [2.45, 2.75) is 18.9 Å². The summed E-state index contributed by atoms with van der Waals surface area (Å²) in [4.78, 5) is 16.9. The normalized spacial score (nSPS) is 18.6. The number of aromatic nitrogens is 2. The molecule has 0 spiro atoms. The summed E-state index contributed by atoms with van der Waals surface area (Å²) in [6, 6.07) is 9.54. The third-order valence-electron chi connectivity index (χ3n) is 4.78. The number of ether oxygens (including phenoxy) is 3. The van der Waals surface area contributed by atoms with Crippen LogP contribution in [0.2, 0.25) is 0 Å². The molecule has 1 unspecified atom stereocenters. The van der Waals surface area contributed by atoms with E-state index in [9.17, 15) is 4.79 Å². The predicted octanol–water partition coefficient (Wildman–Crippen LogP) is 2.89. The summed E-state index contributed by atoms with van der Waals surface area (Å²) in [5.41, 5.74) is 3.30. The molecule has 0 radical (unpaired) electrons. The lowest BCUT2D eigenvalue weighted by Gasteiger charge is -2.18. The van der Waals surface area contributed by atoms with Gasteiger partial charge in [-0.15, -0.1) is 0 Å². The van der Waals surface area contributed by atoms with Crippen LogP contribution >= 0.6 is 0 Å². The second-order valence-corrected chi connectivity index (χ2v) is 6.66. The van der Waals surface area contributed by atoms with E-state index in [0.29, 0.717) is 25.5 Å². The molecule has 7 nitrogen and oxygen atoms in total. The van der Waals surface area contributed by atoms with Gasteiger partial charge in [-0.05, 0) is 43.2 Å². The van der Waals surface area contributed by atoms with Crippen molar-refractivity contribution >= 4 is 17.2 Å². The molecule has 1 fully saturated rings. The van der Waals surface area contributed by atoms with Crippen LogP contribution in [0.25, 0.3) is 16.9 Å². The summed E-state index contributed by atoms with van der Waals surface area (Å²) in [5, 5.41) is 2.92. The number of hydrogen-bond donors (Lipinski definition) is 1. The Morgan fingerprint density at radius 1 is 1.07 bits per heavy atom. The molecule has 5 rings (SSSR count). The first-order valence-corrected chi connectivity index (χ1v) is 9.07. The Bertz CT molecular complexity index is 1010. The molecule has 1 aromatic carbocycles. The van der Waals surface area contributed by atoms with Gasteiger partial charge >= 0.3 is 0 Å². The Hall–Kier alpha value is -3.06. The van der Waals surface area contributed by atoms with Gasteiger partial charge in [0.2, 0.25) is 0 Å². The van der Waals surface area contributed by atoms with Gasteiger partial charge in [0.15, 0.2) is 11.5 Å². The van der Waals surface area contributed by atoms with E-state index in [-0.39, 0.29) is 12.0 Å². The van der Waals surface area contributed by atoms with E-state index >= 15 is 0 Å². The number of nitrogens with one attached hydrogen (secondary N) is 1. The molecule has 0 aliphatic carbocycles. The lowest BCUT2D eigenvalue weighted by Crippen LogP contribution is -2.26. The van der Waals surface area contributed by atoms with E-state index in [2.05, 4.69) is 10.3 Å². The molecule has 0 bridgehead atoms. The molecule has 2 aliphatic rings. The van der Waals surface area contributed by atoms with Gasteiger partial charge in [0, 0.05) is 24.6 Å². The van der Waals surface area contributed by atoms with Crippen molar-refractivity contribution < 1.29 is 19.0 Å². The van der Waals surface area contributed by atoms with Crippen LogP contribution in [0.5, 0.6) is 11.5 Å². The van der Waals surface area contributed by atoms with Gasteiger partial charge in [0.05, 0.1) is 11.4 Å². The van der Waals surface area contributed by atoms with Gasteiger partial charge in [-0.25, -0.2) is 4.98 Å². The summed E-state index contributed by atoms with van der Waals surface area (Å²) in [5.74, 6) is 1.40. The lowest BCUT2D eigenvalue weighted by atomic mass is 10.1. The number of carbonyl (C=O) groups excluding carboxylic acids is 1. The lowest BCUT2D eigenvalue weighted by molar-refractivity contribution is -0.124. The van der Waals surface area contributed by atoms with Crippen LogP contribution in [-0.2, 0) is 9.53 Å². The Labute approximate surface area is 155 Å². The number of rotatable bonds is 3. The molecule has 138 valence electrons. The van der Waals surface area contributed by atoms with E-state index in [1.165, 1.54) is 0 Å². The van der Waals surface area contributed by atoms with Gasteiger partial charge < -0.3 is 23.9 Å². The first-order chi connectivity index (χ1) is 13.3. The maximum absolute atomic E-state index is 12.2. The molecule has 1 saturated heterocycles. The first kappa shape index (κ1) is 16.1. The minimum Gasteiger partial charge on any atom is -0.486 e. The van der Waals surface area contributed by atoms with Crippen LogP contribution in [0.4, 0.5) is 5.69 Å². The van der Waals surface area contributed by atoms with Gasteiger partial charge in [0.1, 0.15) is 25.0 Å². The monoisotopic (exact) mass is 365 g/mol. The van der Waals surface area contributed by atoms with E-state index in [0.717, 1.165) is 41.2 Å². The molecule has 27 heavy (non-hydrogen) atoms. The van der Waals surface area contributed by atoms with Crippen LogP contribution in [0, 0.1) is 0 Å². The molecule has 2 aliphatic heterocycles. The van der Waals surface area contributed by atoms with Gasteiger partial charge in [-0.2, -0.15) is 0 Å². The van der Waals surface area contributed by atoms with Gasteiger partial charge in [-0.1, -0.05) is 0 Å². The van der Waals surface area contributed by atoms with Crippen LogP contribution in [-0.4, -0.2) is 41.2 Å². The second kappa shape index (κ2) is 6.59. The van der Waals surface area contributed by atoms with Crippen molar-refractivity contribution in [3.8, 4) is 22.8 Å². The second-order valence-electron chi connectivity index (χ2n) is 6.66. The van der Waals surface area contributed by atoms with E-state index < -0.39 is 0 Å². The highest BCUT2D eigenvalue weighted by atomic mass is 16.6. The largest absolute Gasteiger partial charge is 0.486 e. The van der Waals surface area contributed by atoms with E-state index in [4.69, 9.17) is 14.2 Å². The fraction of sp³-hybridized carbons (Fsp3) is 0.300. The number of fused-ring (bicyclic) bond motifs is 2. The van der Waals surface area contributed by atoms with Crippen molar-refractivity contribution in [3.63, 3.8) is 0 Å². The number of amides is 1. The number of benzene rings is 1. The summed E-state index contributed by atoms with van der Waals surface area (Å²) < 4.78 is 18.5. The molecule has 1 atom stereocenters. The molecular formula is C20H19N3O4. The van der Waals surface area contributed by atoms with Gasteiger partial charge in [0.25, 0.3) is 5.91 Å². The quantitative estimate of drug-likeness (QED) is 0.773. The highest BCUT2D eigenvalue weighted by Crippen LogP contribution is 2.34. The topological polar surface area (TPSA) is 74.1 Å². The third-order valence-corrected chi connectivity index (χ3v) is 4.78. The minimum atomic E-state index is -0.350. The Kier molecular flexibility index (Phi) is 3.94. The minimum absolute atomic E-state index is 0.0981. The maximum Gasteiger partial charge on any atom is 0.253 e. The maximum atomic E-state index is 12.2. The number of nitrogens with zero attached hydrogens (tertiary/aromatic N) is 2. The highest BCUT2D eigenvalue weighted by Gasteiger charge is 2.23. The summed E-state index contributed by atoms with van der Waals surface area (Å²) >= 11 is 0. The number of pyridine rings is 1. The SMILES string of the molecule is O=C(Nc1ccc2nc(-c3ccc4c(c3)OCCO4)cn2c1)C1CCCO1. The molecule has 4 heterocycles. The summed E-state index contributed by atoms with van der Waals surface area (Å²) in [6.45, 7) is 1.77. The summed E-state index contributed by atoms with van der Waals surface area (Å²) in [6.07, 6.45) is 5.14. The number of anilines is 1. The zero-order valence-corrected chi connectivity index (χ0v) is 14.7. The molecule has 1 N–H and O–H groups in total. The molecule has 1 amide bonds. The van der Waals surface area contributed by atoms with E-state index in [1.807, 2.05) is 47.1 Å². The van der Waals surface area contributed by atoms with Crippen molar-refractivity contribution in [1.29, 1.82) is 0 Å². The van der Waals surface area contributed by atoms with Gasteiger partial charge in [-0.3, -0.25) is 4.79 Å². The standard InChI is InChI=1S/C20H19N3O4/c24-20(17-2-1-7-25-17)21-14-4-6-19-22-15(12-23(19)11-14)13-3-5-16-18(10-13)27-9-8-26-16/h3-6,10-12,17H,1-2,7-9H2,(H,21,24). The number of hydrogen-bond acceptors (Lipinski definition) is 5. The summed E-state index contributed by atoms with van der Waals surface area (Å²) in [7, 11) is 0. The van der Waals surface area contributed by atoms with Crippen LogP contribution in [0.1, 0.15) is 12.8 Å². The molecule has 2 aromatic heterocycles. The molecule has 7 heteroatoms. The molecule has 0 saturated carbocycles. The van der Waals surface area contributed by atoms with E-state index in [1.54, 1.807) is 0 Å². The number of imidazole rings is 1. The third kappa shape index (κ3) is 3.10. The Balaban J connectivity index is 1.41. The van der Waals surface area contributed by atoms with Crippen molar-refractivity contribution in [3.05, 3.63) is 42.7 Å². The fourth-order valence-corrected chi connectivity index (χ4v) is 3.41. The highest BCUT2D eigenvalue weighted by molar-refractivity contribution is 5.94. The average molecular weight is 365 g/mol. The molecular weight excluding hydrogens is 346 g/mol. The fourth-order valence-electron chi connectivity index (χ4n) is 3.41. The predicted molar refractivity (Wildman–Crippen MR) is 99.2 cm³/mol. The Morgan fingerprint density at radius 3 is 2.81 bits per heavy atom. The van der Waals surface area contributed by atoms with Crippen molar-refractivity contribution in [1.82, 2.24) is 9.38 Å². The Morgan fingerprint density at radius 2 is 1.96 bits per heavy atom. The molecule has 3 aromatic rings. The van der Waals surface area contributed by atoms with Crippen LogP contribution < -0.4 is 14.8 Å². The average Bonchev–Trinajstić information content (AvgIpc) is 3.37. The van der Waals surface area contributed by atoms with Crippen LogP contribution in [0.3, 0.4) is 0 Å². The smallest absolute Gasteiger partial charge is 0.253 e. The van der Waals surface area contributed by atoms with Crippen molar-refractivity contribution in [2.24, 2.45) is 0 Å².